The highest BCUT2D eigenvalue weighted by Gasteiger charge is 2.31. The summed E-state index contributed by atoms with van der Waals surface area (Å²) >= 11 is 1.44. The molecule has 2 rings (SSSR count). The number of rotatable bonds is 5. The third-order valence-electron chi connectivity index (χ3n) is 3.86. The molecule has 0 atom stereocenters. The zero-order chi connectivity index (χ0) is 13.9. The second kappa shape index (κ2) is 6.03. The highest BCUT2D eigenvalue weighted by molar-refractivity contribution is 7.10. The molecule has 1 aliphatic rings. The zero-order valence-electron chi connectivity index (χ0n) is 11.2. The SMILES string of the molecule is CC1CCC(O)(CNCc2cc(C(=O)O)cs2)CC1. The Labute approximate surface area is 117 Å². The quantitative estimate of drug-likeness (QED) is 0.776. The van der Waals surface area contributed by atoms with E-state index in [1.165, 1.54) is 11.3 Å². The van der Waals surface area contributed by atoms with Crippen molar-refractivity contribution in [1.29, 1.82) is 0 Å². The molecule has 1 fully saturated rings. The number of aromatic carboxylic acids is 1. The van der Waals surface area contributed by atoms with Gasteiger partial charge >= 0.3 is 5.97 Å². The molecule has 0 spiro atoms. The first-order valence-corrected chi connectivity index (χ1v) is 7.60. The van der Waals surface area contributed by atoms with Gasteiger partial charge in [-0.1, -0.05) is 6.92 Å². The summed E-state index contributed by atoms with van der Waals surface area (Å²) in [7, 11) is 0. The van der Waals surface area contributed by atoms with Gasteiger partial charge in [0.2, 0.25) is 0 Å². The number of hydrogen-bond donors (Lipinski definition) is 3. The van der Waals surface area contributed by atoms with Crippen molar-refractivity contribution < 1.29 is 15.0 Å². The molecule has 0 aliphatic heterocycles. The number of carboxylic acids is 1. The molecule has 0 amide bonds. The van der Waals surface area contributed by atoms with Gasteiger partial charge in [-0.2, -0.15) is 0 Å². The smallest absolute Gasteiger partial charge is 0.336 e. The molecule has 1 aromatic heterocycles. The van der Waals surface area contributed by atoms with E-state index in [4.69, 9.17) is 5.11 Å². The minimum atomic E-state index is -0.887. The van der Waals surface area contributed by atoms with Crippen LogP contribution in [0, 0.1) is 5.92 Å². The van der Waals surface area contributed by atoms with Crippen LogP contribution >= 0.6 is 11.3 Å². The van der Waals surface area contributed by atoms with Crippen LogP contribution in [0.3, 0.4) is 0 Å². The maximum absolute atomic E-state index is 10.8. The van der Waals surface area contributed by atoms with Crippen LogP contribution in [-0.4, -0.2) is 28.3 Å². The number of carbonyl (C=O) groups is 1. The lowest BCUT2D eigenvalue weighted by atomic mass is 9.79. The lowest BCUT2D eigenvalue weighted by Crippen LogP contribution is -2.43. The maximum atomic E-state index is 10.8. The molecule has 1 heterocycles. The molecule has 3 N–H and O–H groups in total. The van der Waals surface area contributed by atoms with Gasteiger partial charge in [-0.15, -0.1) is 11.3 Å². The number of nitrogens with one attached hydrogen (secondary N) is 1. The average molecular weight is 283 g/mol. The van der Waals surface area contributed by atoms with E-state index in [-0.39, 0.29) is 0 Å². The molecule has 0 aromatic carbocycles. The number of carboxylic acid groups (broad SMARTS) is 1. The van der Waals surface area contributed by atoms with Crippen LogP contribution in [0.25, 0.3) is 0 Å². The molecular formula is C14H21NO3S. The first-order valence-electron chi connectivity index (χ1n) is 6.72. The molecule has 1 saturated carbocycles. The van der Waals surface area contributed by atoms with Crippen molar-refractivity contribution in [3.05, 3.63) is 21.9 Å². The van der Waals surface area contributed by atoms with E-state index in [2.05, 4.69) is 12.2 Å². The van der Waals surface area contributed by atoms with Crippen molar-refractivity contribution in [2.24, 2.45) is 5.92 Å². The van der Waals surface area contributed by atoms with Crippen molar-refractivity contribution in [3.8, 4) is 0 Å². The number of aliphatic hydroxyl groups is 1. The van der Waals surface area contributed by atoms with Crippen molar-refractivity contribution >= 4 is 17.3 Å². The Kier molecular flexibility index (Phi) is 4.60. The average Bonchev–Trinajstić information content (AvgIpc) is 2.82. The van der Waals surface area contributed by atoms with Crippen LogP contribution < -0.4 is 5.32 Å². The fourth-order valence-electron chi connectivity index (χ4n) is 2.48. The summed E-state index contributed by atoms with van der Waals surface area (Å²) in [6, 6.07) is 1.69. The summed E-state index contributed by atoms with van der Waals surface area (Å²) in [6.07, 6.45) is 3.87. The van der Waals surface area contributed by atoms with Crippen LogP contribution in [0.2, 0.25) is 0 Å². The van der Waals surface area contributed by atoms with Gasteiger partial charge in [-0.25, -0.2) is 4.79 Å². The Morgan fingerprint density at radius 2 is 2.21 bits per heavy atom. The van der Waals surface area contributed by atoms with Gasteiger partial charge in [0.25, 0.3) is 0 Å². The molecule has 1 aliphatic carbocycles. The molecular weight excluding hydrogens is 262 g/mol. The van der Waals surface area contributed by atoms with Gasteiger partial charge in [0.15, 0.2) is 0 Å². The highest BCUT2D eigenvalue weighted by Crippen LogP contribution is 2.31. The van der Waals surface area contributed by atoms with E-state index in [1.807, 2.05) is 0 Å². The molecule has 19 heavy (non-hydrogen) atoms. The summed E-state index contributed by atoms with van der Waals surface area (Å²) in [5.74, 6) is -0.168. The van der Waals surface area contributed by atoms with Crippen molar-refractivity contribution in [1.82, 2.24) is 5.32 Å². The van der Waals surface area contributed by atoms with E-state index in [1.54, 1.807) is 11.4 Å². The highest BCUT2D eigenvalue weighted by atomic mass is 32.1. The van der Waals surface area contributed by atoms with Crippen LogP contribution in [0.5, 0.6) is 0 Å². The molecule has 0 bridgehead atoms. The molecule has 106 valence electrons. The van der Waals surface area contributed by atoms with Gasteiger partial charge in [-0.3, -0.25) is 0 Å². The van der Waals surface area contributed by atoms with E-state index in [9.17, 15) is 9.90 Å². The Hall–Kier alpha value is -0.910. The summed E-state index contributed by atoms with van der Waals surface area (Å²) in [5, 5.41) is 24.1. The first kappa shape index (κ1) is 14.5. The molecule has 5 heteroatoms. The topological polar surface area (TPSA) is 69.6 Å². The van der Waals surface area contributed by atoms with Crippen LogP contribution in [0.4, 0.5) is 0 Å². The molecule has 0 unspecified atom stereocenters. The molecule has 0 saturated heterocycles. The zero-order valence-corrected chi connectivity index (χ0v) is 12.0. The van der Waals surface area contributed by atoms with Crippen molar-refractivity contribution in [3.63, 3.8) is 0 Å². The standard InChI is InChI=1S/C14H21NO3S/c1-10-2-4-14(18,5-3-10)9-15-7-12-6-11(8-19-12)13(16)17/h6,8,10,15,18H,2-5,7,9H2,1H3,(H,16,17). The molecule has 1 aromatic rings. The maximum Gasteiger partial charge on any atom is 0.336 e. The predicted molar refractivity (Wildman–Crippen MR) is 75.6 cm³/mol. The Morgan fingerprint density at radius 3 is 2.79 bits per heavy atom. The minimum absolute atomic E-state index is 0.340. The van der Waals surface area contributed by atoms with Gasteiger partial charge in [0.1, 0.15) is 0 Å². The summed E-state index contributed by atoms with van der Waals surface area (Å²) in [5.41, 5.74) is -0.244. The normalized spacial score (nSPS) is 27.4. The molecule has 4 nitrogen and oxygen atoms in total. The van der Waals surface area contributed by atoms with Crippen molar-refractivity contribution in [2.45, 2.75) is 44.8 Å². The number of hydrogen-bond acceptors (Lipinski definition) is 4. The second-order valence-electron chi connectivity index (χ2n) is 5.62. The Morgan fingerprint density at radius 1 is 1.53 bits per heavy atom. The minimum Gasteiger partial charge on any atom is -0.478 e. The second-order valence-corrected chi connectivity index (χ2v) is 6.61. The fraction of sp³-hybridized carbons (Fsp3) is 0.643. The van der Waals surface area contributed by atoms with Crippen molar-refractivity contribution in [2.75, 3.05) is 6.54 Å². The van der Waals surface area contributed by atoms with Gasteiger partial charge in [-0.05, 0) is 37.7 Å². The summed E-state index contributed by atoms with van der Waals surface area (Å²) in [6.45, 7) is 3.43. The van der Waals surface area contributed by atoms with E-state index in [0.29, 0.717) is 18.7 Å². The van der Waals surface area contributed by atoms with E-state index < -0.39 is 11.6 Å². The lowest BCUT2D eigenvalue weighted by molar-refractivity contribution is -0.00626. The largest absolute Gasteiger partial charge is 0.478 e. The van der Waals surface area contributed by atoms with Gasteiger partial charge in [0, 0.05) is 23.3 Å². The van der Waals surface area contributed by atoms with Gasteiger partial charge < -0.3 is 15.5 Å². The first-order chi connectivity index (χ1) is 8.98. The Bertz CT molecular complexity index is 436. The Balaban J connectivity index is 1.78. The monoisotopic (exact) mass is 283 g/mol. The lowest BCUT2D eigenvalue weighted by Gasteiger charge is -2.35. The van der Waals surface area contributed by atoms with Crippen LogP contribution in [0.1, 0.15) is 47.8 Å². The predicted octanol–water partition coefficient (Wildman–Crippen LogP) is 2.48. The number of thiophene rings is 1. The molecule has 0 radical (unpaired) electrons. The van der Waals surface area contributed by atoms with Crippen LogP contribution in [-0.2, 0) is 6.54 Å². The van der Waals surface area contributed by atoms with Gasteiger partial charge in [0.05, 0.1) is 11.2 Å². The summed E-state index contributed by atoms with van der Waals surface area (Å²) < 4.78 is 0. The third-order valence-corrected chi connectivity index (χ3v) is 4.80. The fourth-order valence-corrected chi connectivity index (χ4v) is 3.31. The third kappa shape index (κ3) is 4.03. The van der Waals surface area contributed by atoms with Crippen LogP contribution in [0.15, 0.2) is 11.4 Å². The van der Waals surface area contributed by atoms with E-state index in [0.717, 1.165) is 36.5 Å². The van der Waals surface area contributed by atoms with E-state index >= 15 is 0 Å². The summed E-state index contributed by atoms with van der Waals surface area (Å²) in [4.78, 5) is 11.8.